The molecule has 1 fully saturated rings. The lowest BCUT2D eigenvalue weighted by atomic mass is 9.74. The van der Waals surface area contributed by atoms with E-state index in [0.29, 0.717) is 48.4 Å². The maximum Gasteiger partial charge on any atom is 0.203 e. The Morgan fingerprint density at radius 1 is 1.16 bits per heavy atom. The van der Waals surface area contributed by atoms with Crippen LogP contribution in [0.25, 0.3) is 0 Å². The van der Waals surface area contributed by atoms with Gasteiger partial charge >= 0.3 is 0 Å². The highest BCUT2D eigenvalue weighted by atomic mass is 16.6. The van der Waals surface area contributed by atoms with Gasteiger partial charge in [0.15, 0.2) is 17.3 Å². The SMILES string of the molecule is COc1cc(C(=O)CC2CC(C)(C)NC(C)(C)C2)cc2c1OCCO2. The third-order valence-electron chi connectivity index (χ3n) is 4.90. The second-order valence-corrected chi connectivity index (χ2v) is 8.50. The standard InChI is InChI=1S/C20H29NO4/c1-19(2)11-13(12-20(3,4)21-19)8-15(22)14-9-16(23-5)18-17(10-14)24-6-7-25-18/h9-10,13,21H,6-8,11-12H2,1-5H3. The average Bonchev–Trinajstić information content (AvgIpc) is 2.50. The van der Waals surface area contributed by atoms with E-state index in [0.717, 1.165) is 12.8 Å². The van der Waals surface area contributed by atoms with Gasteiger partial charge in [-0.05, 0) is 58.6 Å². The summed E-state index contributed by atoms with van der Waals surface area (Å²) in [7, 11) is 1.58. The summed E-state index contributed by atoms with van der Waals surface area (Å²) in [6, 6.07) is 3.56. The van der Waals surface area contributed by atoms with Crippen molar-refractivity contribution in [1.82, 2.24) is 5.32 Å². The van der Waals surface area contributed by atoms with Crippen molar-refractivity contribution in [3.63, 3.8) is 0 Å². The van der Waals surface area contributed by atoms with Crippen LogP contribution >= 0.6 is 0 Å². The molecule has 2 aliphatic rings. The van der Waals surface area contributed by atoms with E-state index in [9.17, 15) is 4.79 Å². The summed E-state index contributed by atoms with van der Waals surface area (Å²) < 4.78 is 16.7. The van der Waals surface area contributed by atoms with Gasteiger partial charge in [0.25, 0.3) is 0 Å². The molecule has 0 aromatic heterocycles. The molecule has 0 atom stereocenters. The molecule has 25 heavy (non-hydrogen) atoms. The zero-order chi connectivity index (χ0) is 18.2. The minimum Gasteiger partial charge on any atom is -0.493 e. The summed E-state index contributed by atoms with van der Waals surface area (Å²) in [5, 5.41) is 3.67. The Labute approximate surface area is 150 Å². The van der Waals surface area contributed by atoms with Gasteiger partial charge in [0.05, 0.1) is 7.11 Å². The van der Waals surface area contributed by atoms with Crippen LogP contribution in [0.4, 0.5) is 0 Å². The molecule has 5 heteroatoms. The molecule has 0 amide bonds. The minimum atomic E-state index is 0.0389. The predicted octanol–water partition coefficient (Wildman–Crippen LogP) is 3.60. The number of fused-ring (bicyclic) bond motifs is 1. The van der Waals surface area contributed by atoms with Crippen LogP contribution in [0, 0.1) is 5.92 Å². The number of methoxy groups -OCH3 is 1. The molecule has 2 heterocycles. The minimum absolute atomic E-state index is 0.0389. The highest BCUT2D eigenvalue weighted by Gasteiger charge is 2.38. The quantitative estimate of drug-likeness (QED) is 0.844. The van der Waals surface area contributed by atoms with E-state index in [-0.39, 0.29) is 16.9 Å². The number of ketones is 1. The number of carbonyl (C=O) groups excluding carboxylic acids is 1. The smallest absolute Gasteiger partial charge is 0.203 e. The maximum atomic E-state index is 12.9. The largest absolute Gasteiger partial charge is 0.493 e. The number of benzene rings is 1. The van der Waals surface area contributed by atoms with Crippen LogP contribution in [0.15, 0.2) is 12.1 Å². The number of rotatable bonds is 4. The number of piperidine rings is 1. The van der Waals surface area contributed by atoms with E-state index in [2.05, 4.69) is 33.0 Å². The molecule has 1 N–H and O–H groups in total. The van der Waals surface area contributed by atoms with E-state index in [1.165, 1.54) is 0 Å². The topological polar surface area (TPSA) is 56.8 Å². The van der Waals surface area contributed by atoms with Crippen molar-refractivity contribution in [1.29, 1.82) is 0 Å². The number of ether oxygens (including phenoxy) is 3. The highest BCUT2D eigenvalue weighted by molar-refractivity contribution is 5.97. The second kappa shape index (κ2) is 6.52. The Morgan fingerprint density at radius 2 is 1.80 bits per heavy atom. The van der Waals surface area contributed by atoms with Gasteiger partial charge in [-0.1, -0.05) is 0 Å². The monoisotopic (exact) mass is 347 g/mol. The zero-order valence-electron chi connectivity index (χ0n) is 15.9. The molecule has 1 saturated heterocycles. The lowest BCUT2D eigenvalue weighted by Crippen LogP contribution is -2.57. The summed E-state index contributed by atoms with van der Waals surface area (Å²) >= 11 is 0. The second-order valence-electron chi connectivity index (χ2n) is 8.50. The third kappa shape index (κ3) is 4.09. The lowest BCUT2D eigenvalue weighted by molar-refractivity contribution is 0.0862. The van der Waals surface area contributed by atoms with E-state index in [1.54, 1.807) is 19.2 Å². The Morgan fingerprint density at radius 3 is 2.44 bits per heavy atom. The van der Waals surface area contributed by atoms with Crippen LogP contribution in [0.3, 0.4) is 0 Å². The molecule has 0 unspecified atom stereocenters. The molecule has 0 aliphatic carbocycles. The van der Waals surface area contributed by atoms with Gasteiger partial charge in [0.2, 0.25) is 5.75 Å². The molecule has 2 aliphatic heterocycles. The van der Waals surface area contributed by atoms with Crippen LogP contribution in [0.5, 0.6) is 17.2 Å². The van der Waals surface area contributed by atoms with Crippen LogP contribution in [0.1, 0.15) is 57.3 Å². The number of carbonyl (C=O) groups is 1. The molecule has 138 valence electrons. The maximum absolute atomic E-state index is 12.9. The fourth-order valence-electron chi connectivity index (χ4n) is 4.49. The summed E-state index contributed by atoms with van der Waals surface area (Å²) in [4.78, 5) is 12.9. The van der Waals surface area contributed by atoms with E-state index in [1.807, 2.05) is 0 Å². The number of hydrogen-bond donors (Lipinski definition) is 1. The van der Waals surface area contributed by atoms with Crippen molar-refractivity contribution >= 4 is 5.78 Å². The first-order valence-electron chi connectivity index (χ1n) is 8.99. The Bertz CT molecular complexity index is 633. The van der Waals surface area contributed by atoms with Crippen LogP contribution in [-0.2, 0) is 0 Å². The van der Waals surface area contributed by atoms with Gasteiger partial charge in [-0.2, -0.15) is 0 Å². The first kappa shape index (κ1) is 18.1. The van der Waals surface area contributed by atoms with E-state index < -0.39 is 0 Å². The Kier molecular flexibility index (Phi) is 4.71. The number of Topliss-reactive ketones (excluding diaryl/α,β-unsaturated/α-hetero) is 1. The van der Waals surface area contributed by atoms with Crippen LogP contribution in [-0.4, -0.2) is 37.2 Å². The Balaban J connectivity index is 1.79. The first-order chi connectivity index (χ1) is 11.7. The molecule has 5 nitrogen and oxygen atoms in total. The van der Waals surface area contributed by atoms with Gasteiger partial charge in [-0.25, -0.2) is 0 Å². The van der Waals surface area contributed by atoms with Crippen LogP contribution in [0.2, 0.25) is 0 Å². The van der Waals surface area contributed by atoms with Crippen molar-refractivity contribution < 1.29 is 19.0 Å². The zero-order valence-corrected chi connectivity index (χ0v) is 15.9. The number of nitrogens with one attached hydrogen (secondary N) is 1. The predicted molar refractivity (Wildman–Crippen MR) is 96.9 cm³/mol. The molecule has 0 radical (unpaired) electrons. The fraction of sp³-hybridized carbons (Fsp3) is 0.650. The van der Waals surface area contributed by atoms with Gasteiger partial charge in [0, 0.05) is 23.1 Å². The molecule has 3 rings (SSSR count). The summed E-state index contributed by atoms with van der Waals surface area (Å²) in [6.07, 6.45) is 2.52. The molecular formula is C20H29NO4. The van der Waals surface area contributed by atoms with Gasteiger partial charge in [-0.3, -0.25) is 4.79 Å². The lowest BCUT2D eigenvalue weighted by Gasteiger charge is -2.46. The van der Waals surface area contributed by atoms with Crippen molar-refractivity contribution in [2.45, 2.75) is 58.0 Å². The van der Waals surface area contributed by atoms with Crippen molar-refractivity contribution in [3.8, 4) is 17.2 Å². The fourth-order valence-corrected chi connectivity index (χ4v) is 4.49. The molecule has 0 saturated carbocycles. The summed E-state index contributed by atoms with van der Waals surface area (Å²) in [5.74, 6) is 2.24. The first-order valence-corrected chi connectivity index (χ1v) is 8.99. The molecule has 0 spiro atoms. The third-order valence-corrected chi connectivity index (χ3v) is 4.90. The highest BCUT2D eigenvalue weighted by Crippen LogP contribution is 2.41. The Hall–Kier alpha value is -1.75. The van der Waals surface area contributed by atoms with Crippen LogP contribution < -0.4 is 19.5 Å². The summed E-state index contributed by atoms with van der Waals surface area (Å²) in [5.41, 5.74) is 0.712. The van der Waals surface area contributed by atoms with E-state index >= 15 is 0 Å². The van der Waals surface area contributed by atoms with E-state index in [4.69, 9.17) is 14.2 Å². The molecule has 0 bridgehead atoms. The summed E-state index contributed by atoms with van der Waals surface area (Å²) in [6.45, 7) is 9.81. The molecule has 1 aromatic rings. The van der Waals surface area contributed by atoms with Gasteiger partial charge in [0.1, 0.15) is 13.2 Å². The van der Waals surface area contributed by atoms with Crippen molar-refractivity contribution in [3.05, 3.63) is 17.7 Å². The number of hydrogen-bond acceptors (Lipinski definition) is 5. The molecular weight excluding hydrogens is 318 g/mol. The van der Waals surface area contributed by atoms with Gasteiger partial charge in [-0.15, -0.1) is 0 Å². The average molecular weight is 347 g/mol. The van der Waals surface area contributed by atoms with Crippen molar-refractivity contribution in [2.24, 2.45) is 5.92 Å². The van der Waals surface area contributed by atoms with Crippen molar-refractivity contribution in [2.75, 3.05) is 20.3 Å². The molecule has 1 aromatic carbocycles. The normalized spacial score (nSPS) is 21.6. The van der Waals surface area contributed by atoms with Gasteiger partial charge < -0.3 is 19.5 Å².